The zero-order valence-corrected chi connectivity index (χ0v) is 15.3. The van der Waals surface area contributed by atoms with Gasteiger partial charge in [0.2, 0.25) is 0 Å². The molecule has 132 valence electrons. The number of carbonyl (C=O) groups excluding carboxylic acids is 2. The minimum Gasteiger partial charge on any atom is -0.465 e. The van der Waals surface area contributed by atoms with E-state index in [1.165, 1.54) is 14.0 Å². The average Bonchev–Trinajstić information content (AvgIpc) is 2.56. The first kappa shape index (κ1) is 19.1. The van der Waals surface area contributed by atoms with Crippen LogP contribution in [-0.4, -0.2) is 25.6 Å². The molecular formula is C18H17Cl2NO4. The van der Waals surface area contributed by atoms with Crippen LogP contribution in [0, 0.1) is 0 Å². The van der Waals surface area contributed by atoms with Crippen LogP contribution in [0.3, 0.4) is 0 Å². The van der Waals surface area contributed by atoms with Crippen LogP contribution in [0.25, 0.3) is 0 Å². The Labute approximate surface area is 155 Å². The van der Waals surface area contributed by atoms with Crippen molar-refractivity contribution in [1.29, 1.82) is 0 Å². The number of hydrogen-bond donors (Lipinski definition) is 1. The van der Waals surface area contributed by atoms with Crippen molar-refractivity contribution in [2.24, 2.45) is 0 Å². The van der Waals surface area contributed by atoms with Crippen LogP contribution in [0.15, 0.2) is 36.4 Å². The summed E-state index contributed by atoms with van der Waals surface area (Å²) in [7, 11) is 1.27. The highest BCUT2D eigenvalue weighted by Gasteiger charge is 2.15. The third-order valence-electron chi connectivity index (χ3n) is 3.38. The lowest BCUT2D eigenvalue weighted by Crippen LogP contribution is -2.11. The van der Waals surface area contributed by atoms with Crippen LogP contribution >= 0.6 is 23.2 Å². The van der Waals surface area contributed by atoms with Crippen molar-refractivity contribution in [2.45, 2.75) is 13.3 Å². The van der Waals surface area contributed by atoms with Crippen LogP contribution in [0.1, 0.15) is 22.8 Å². The number of esters is 2. The van der Waals surface area contributed by atoms with Crippen molar-refractivity contribution in [1.82, 2.24) is 0 Å². The summed E-state index contributed by atoms with van der Waals surface area (Å²) in [4.78, 5) is 23.0. The molecule has 0 amide bonds. The third-order valence-corrected chi connectivity index (χ3v) is 3.96. The molecule has 0 bridgehead atoms. The van der Waals surface area contributed by atoms with Gasteiger partial charge >= 0.3 is 11.9 Å². The number of hydrogen-bond acceptors (Lipinski definition) is 5. The van der Waals surface area contributed by atoms with Crippen LogP contribution in [0.5, 0.6) is 5.75 Å². The first-order valence-corrected chi connectivity index (χ1v) is 8.25. The molecule has 0 aliphatic carbocycles. The number of methoxy groups -OCH3 is 1. The zero-order valence-electron chi connectivity index (χ0n) is 13.8. The molecule has 0 saturated heterocycles. The van der Waals surface area contributed by atoms with Crippen LogP contribution in [0.2, 0.25) is 10.0 Å². The lowest BCUT2D eigenvalue weighted by molar-refractivity contribution is -0.131. The monoisotopic (exact) mass is 381 g/mol. The van der Waals surface area contributed by atoms with Gasteiger partial charge in [0.15, 0.2) is 0 Å². The number of nitrogens with one attached hydrogen (secondary N) is 1. The van der Waals surface area contributed by atoms with Crippen molar-refractivity contribution < 1.29 is 19.1 Å². The van der Waals surface area contributed by atoms with Gasteiger partial charge < -0.3 is 14.8 Å². The molecule has 2 aromatic carbocycles. The van der Waals surface area contributed by atoms with Crippen molar-refractivity contribution in [2.75, 3.05) is 19.0 Å². The number of halogens is 2. The Balaban J connectivity index is 2.09. The molecule has 0 saturated carbocycles. The number of benzene rings is 2. The zero-order chi connectivity index (χ0) is 18.4. The van der Waals surface area contributed by atoms with Crippen LogP contribution < -0.4 is 10.1 Å². The summed E-state index contributed by atoms with van der Waals surface area (Å²) >= 11 is 12.0. The number of rotatable bonds is 6. The summed E-state index contributed by atoms with van der Waals surface area (Å²) in [5, 5.41) is 4.39. The highest BCUT2D eigenvalue weighted by Crippen LogP contribution is 2.25. The fourth-order valence-corrected chi connectivity index (χ4v) is 2.72. The second-order valence-electron chi connectivity index (χ2n) is 5.21. The Morgan fingerprint density at radius 2 is 1.88 bits per heavy atom. The van der Waals surface area contributed by atoms with Crippen molar-refractivity contribution in [3.05, 3.63) is 57.6 Å². The molecule has 0 unspecified atom stereocenters. The summed E-state index contributed by atoms with van der Waals surface area (Å²) in [6.07, 6.45) is 0.676. The van der Waals surface area contributed by atoms with Crippen molar-refractivity contribution in [3.8, 4) is 5.75 Å². The minimum atomic E-state index is -0.583. The number of anilines is 1. The Hall–Kier alpha value is -2.24. The Bertz CT molecular complexity index is 793. The van der Waals surface area contributed by atoms with Gasteiger partial charge in [0.25, 0.3) is 0 Å². The molecule has 0 fully saturated rings. The maximum absolute atomic E-state index is 11.9. The van der Waals surface area contributed by atoms with E-state index in [0.717, 1.165) is 5.56 Å². The standard InChI is InChI=1S/C18H17Cl2NO4/c1-11(22)25-17-6-5-14(10-15(17)18(23)24-2)21-8-7-12-3-4-13(19)9-16(12)20/h3-6,9-10,21H,7-8H2,1-2H3. The second-order valence-corrected chi connectivity index (χ2v) is 6.05. The predicted molar refractivity (Wildman–Crippen MR) is 97.7 cm³/mol. The molecule has 0 heterocycles. The summed E-state index contributed by atoms with van der Waals surface area (Å²) < 4.78 is 9.75. The molecular weight excluding hydrogens is 365 g/mol. The molecule has 0 aromatic heterocycles. The predicted octanol–water partition coefficient (Wildman–Crippen LogP) is 4.36. The average molecular weight is 382 g/mol. The van der Waals surface area contributed by atoms with E-state index in [9.17, 15) is 9.59 Å². The quantitative estimate of drug-likeness (QED) is 0.594. The van der Waals surface area contributed by atoms with E-state index in [0.29, 0.717) is 28.7 Å². The topological polar surface area (TPSA) is 64.6 Å². The summed E-state index contributed by atoms with van der Waals surface area (Å²) in [5.41, 5.74) is 1.83. The van der Waals surface area contributed by atoms with E-state index in [2.05, 4.69) is 5.32 Å². The maximum Gasteiger partial charge on any atom is 0.341 e. The molecule has 5 nitrogen and oxygen atoms in total. The summed E-state index contributed by atoms with van der Waals surface area (Å²) in [5.74, 6) is -0.936. The molecule has 0 aliphatic heterocycles. The fourth-order valence-electron chi connectivity index (χ4n) is 2.22. The van der Waals surface area contributed by atoms with Gasteiger partial charge in [0, 0.05) is 29.2 Å². The van der Waals surface area contributed by atoms with Crippen molar-refractivity contribution in [3.63, 3.8) is 0 Å². The Morgan fingerprint density at radius 1 is 1.12 bits per heavy atom. The minimum absolute atomic E-state index is 0.158. The molecule has 7 heteroatoms. The van der Waals surface area contributed by atoms with Crippen LogP contribution in [-0.2, 0) is 16.0 Å². The van der Waals surface area contributed by atoms with E-state index in [1.807, 2.05) is 6.07 Å². The molecule has 1 N–H and O–H groups in total. The van der Waals surface area contributed by atoms with Crippen LogP contribution in [0.4, 0.5) is 5.69 Å². The SMILES string of the molecule is COC(=O)c1cc(NCCc2ccc(Cl)cc2Cl)ccc1OC(C)=O. The second kappa shape index (κ2) is 8.74. The van der Waals surface area contributed by atoms with Gasteiger partial charge in [-0.1, -0.05) is 29.3 Å². The molecule has 25 heavy (non-hydrogen) atoms. The molecule has 0 spiro atoms. The Morgan fingerprint density at radius 3 is 2.52 bits per heavy atom. The first-order valence-electron chi connectivity index (χ1n) is 7.49. The highest BCUT2D eigenvalue weighted by atomic mass is 35.5. The Kier molecular flexibility index (Phi) is 6.67. The highest BCUT2D eigenvalue weighted by molar-refractivity contribution is 6.35. The summed E-state index contributed by atoms with van der Waals surface area (Å²) in [6, 6.07) is 10.2. The molecule has 2 aromatic rings. The third kappa shape index (κ3) is 5.37. The first-order chi connectivity index (χ1) is 11.9. The normalized spacial score (nSPS) is 10.2. The largest absolute Gasteiger partial charge is 0.465 e. The maximum atomic E-state index is 11.9. The van der Waals surface area contributed by atoms with Crippen molar-refractivity contribution >= 4 is 40.8 Å². The van der Waals surface area contributed by atoms with E-state index in [4.69, 9.17) is 32.7 Å². The fraction of sp³-hybridized carbons (Fsp3) is 0.222. The van der Waals surface area contributed by atoms with Gasteiger partial charge in [-0.2, -0.15) is 0 Å². The van der Waals surface area contributed by atoms with E-state index < -0.39 is 11.9 Å². The molecule has 2 rings (SSSR count). The number of ether oxygens (including phenoxy) is 2. The van der Waals surface area contributed by atoms with Gasteiger partial charge in [-0.15, -0.1) is 0 Å². The number of carbonyl (C=O) groups is 2. The smallest absolute Gasteiger partial charge is 0.341 e. The van der Waals surface area contributed by atoms with Gasteiger partial charge in [-0.25, -0.2) is 4.79 Å². The van der Waals surface area contributed by atoms with Gasteiger partial charge in [0.05, 0.1) is 7.11 Å². The van der Waals surface area contributed by atoms with Gasteiger partial charge in [0.1, 0.15) is 11.3 Å². The lowest BCUT2D eigenvalue weighted by Gasteiger charge is -2.12. The van der Waals surface area contributed by atoms with E-state index in [1.54, 1.807) is 30.3 Å². The molecule has 0 radical (unpaired) electrons. The molecule has 0 atom stereocenters. The molecule has 0 aliphatic rings. The van der Waals surface area contributed by atoms with E-state index >= 15 is 0 Å². The van der Waals surface area contributed by atoms with Gasteiger partial charge in [-0.3, -0.25) is 4.79 Å². The van der Waals surface area contributed by atoms with Gasteiger partial charge in [-0.05, 0) is 42.3 Å². The van der Waals surface area contributed by atoms with E-state index in [-0.39, 0.29) is 11.3 Å². The lowest BCUT2D eigenvalue weighted by atomic mass is 10.1. The summed E-state index contributed by atoms with van der Waals surface area (Å²) in [6.45, 7) is 1.86.